The van der Waals surface area contributed by atoms with Crippen LogP contribution in [-0.2, 0) is 18.3 Å². The van der Waals surface area contributed by atoms with Gasteiger partial charge in [0.2, 0.25) is 0 Å². The Hall–Kier alpha value is -2.81. The molecule has 2 aromatic heterocycles. The normalized spacial score (nSPS) is 16.1. The highest BCUT2D eigenvalue weighted by Crippen LogP contribution is 2.25. The highest BCUT2D eigenvalue weighted by atomic mass is 19.4. The average Bonchev–Trinajstić information content (AvgIpc) is 3.17. The zero-order chi connectivity index (χ0) is 22.0. The number of benzene rings is 1. The van der Waals surface area contributed by atoms with Crippen LogP contribution in [0.3, 0.4) is 0 Å². The Morgan fingerprint density at radius 2 is 1.90 bits per heavy atom. The number of halogens is 3. The first-order valence-corrected chi connectivity index (χ1v) is 10.3. The number of nitrogens with zero attached hydrogens (tertiary/aromatic N) is 5. The summed E-state index contributed by atoms with van der Waals surface area (Å²) in [6.07, 6.45) is -1.85. The second-order valence-electron chi connectivity index (χ2n) is 8.07. The lowest BCUT2D eigenvalue weighted by molar-refractivity contribution is -0.139. The second kappa shape index (κ2) is 8.74. The maximum atomic E-state index is 12.7. The van der Waals surface area contributed by atoms with Gasteiger partial charge in [0.1, 0.15) is 5.78 Å². The van der Waals surface area contributed by atoms with Gasteiger partial charge in [-0.15, -0.1) is 0 Å². The van der Waals surface area contributed by atoms with Gasteiger partial charge in [-0.3, -0.25) is 9.48 Å². The SMILES string of the molecule is Cn1nccc1-c1ccc2nnc(CC(=O)C3CCN(CCC(F)(F)F)CC3)cc2c1. The predicted octanol–water partition coefficient (Wildman–Crippen LogP) is 3.81. The molecule has 4 rings (SSSR count). The van der Waals surface area contributed by atoms with E-state index in [9.17, 15) is 18.0 Å². The Morgan fingerprint density at radius 1 is 1.13 bits per heavy atom. The van der Waals surface area contributed by atoms with Crippen molar-refractivity contribution < 1.29 is 18.0 Å². The third-order valence-electron chi connectivity index (χ3n) is 5.86. The van der Waals surface area contributed by atoms with Crippen LogP contribution in [0.5, 0.6) is 0 Å². The first kappa shape index (κ1) is 21.4. The summed E-state index contributed by atoms with van der Waals surface area (Å²) in [5.41, 5.74) is 3.34. The number of carbonyl (C=O) groups excluding carboxylic acids is 1. The largest absolute Gasteiger partial charge is 0.390 e. The van der Waals surface area contributed by atoms with E-state index in [0.717, 1.165) is 22.2 Å². The van der Waals surface area contributed by atoms with Crippen LogP contribution < -0.4 is 0 Å². The molecule has 164 valence electrons. The molecule has 0 N–H and O–H groups in total. The van der Waals surface area contributed by atoms with E-state index in [1.807, 2.05) is 37.4 Å². The standard InChI is InChI=1S/C22H24F3N5O/c1-29-20(4-8-26-29)16-2-3-19-17(12-16)13-18(27-28-19)14-21(31)15-5-9-30(10-6-15)11-7-22(23,24)25/h2-4,8,12-13,15H,5-7,9-11,14H2,1H3. The van der Waals surface area contributed by atoms with Gasteiger partial charge in [-0.05, 0) is 50.2 Å². The number of aryl methyl sites for hydroxylation is 1. The zero-order valence-corrected chi connectivity index (χ0v) is 17.3. The van der Waals surface area contributed by atoms with Crippen LogP contribution in [0.15, 0.2) is 36.5 Å². The van der Waals surface area contributed by atoms with Crippen molar-refractivity contribution >= 4 is 16.7 Å². The van der Waals surface area contributed by atoms with Crippen LogP contribution in [0.4, 0.5) is 13.2 Å². The van der Waals surface area contributed by atoms with Gasteiger partial charge in [0.05, 0.1) is 29.7 Å². The molecular weight excluding hydrogens is 407 g/mol. The van der Waals surface area contributed by atoms with Gasteiger partial charge in [0, 0.05) is 36.7 Å². The van der Waals surface area contributed by atoms with Gasteiger partial charge >= 0.3 is 6.18 Å². The fourth-order valence-electron chi connectivity index (χ4n) is 4.08. The molecule has 0 bridgehead atoms. The van der Waals surface area contributed by atoms with Gasteiger partial charge in [0.15, 0.2) is 0 Å². The van der Waals surface area contributed by atoms with E-state index in [1.165, 1.54) is 0 Å². The number of ketones is 1. The van der Waals surface area contributed by atoms with Gasteiger partial charge in [0.25, 0.3) is 0 Å². The van der Waals surface area contributed by atoms with Crippen LogP contribution in [0.25, 0.3) is 22.2 Å². The van der Waals surface area contributed by atoms with Crippen molar-refractivity contribution in [3.63, 3.8) is 0 Å². The van der Waals surface area contributed by atoms with E-state index in [0.29, 0.717) is 31.6 Å². The molecule has 1 fully saturated rings. The lowest BCUT2D eigenvalue weighted by Gasteiger charge is -2.31. The first-order chi connectivity index (χ1) is 14.8. The maximum absolute atomic E-state index is 12.7. The number of piperidine rings is 1. The fourth-order valence-corrected chi connectivity index (χ4v) is 4.08. The summed E-state index contributed by atoms with van der Waals surface area (Å²) in [5.74, 6) is -0.0627. The van der Waals surface area contributed by atoms with Crippen LogP contribution >= 0.6 is 0 Å². The molecule has 0 atom stereocenters. The molecule has 1 aliphatic rings. The summed E-state index contributed by atoms with van der Waals surface area (Å²) >= 11 is 0. The van der Waals surface area contributed by atoms with Gasteiger partial charge in [-0.25, -0.2) is 0 Å². The number of alkyl halides is 3. The quantitative estimate of drug-likeness (QED) is 0.594. The average molecular weight is 431 g/mol. The van der Waals surface area contributed by atoms with Crippen LogP contribution in [0, 0.1) is 5.92 Å². The molecule has 1 aromatic carbocycles. The summed E-state index contributed by atoms with van der Waals surface area (Å²) in [6, 6.07) is 9.69. The smallest absolute Gasteiger partial charge is 0.303 e. The molecule has 0 spiro atoms. The molecule has 31 heavy (non-hydrogen) atoms. The number of hydrogen-bond acceptors (Lipinski definition) is 5. The second-order valence-corrected chi connectivity index (χ2v) is 8.07. The van der Waals surface area contributed by atoms with Crippen molar-refractivity contribution in [2.45, 2.75) is 31.9 Å². The molecule has 0 aliphatic carbocycles. The minimum atomic E-state index is -4.14. The molecule has 1 aliphatic heterocycles. The van der Waals surface area contributed by atoms with E-state index in [-0.39, 0.29) is 24.7 Å². The van der Waals surface area contributed by atoms with E-state index < -0.39 is 12.6 Å². The predicted molar refractivity (Wildman–Crippen MR) is 110 cm³/mol. The number of Topliss-reactive ketones (excluding diaryl/α,β-unsaturated/α-hetero) is 1. The number of carbonyl (C=O) groups is 1. The molecule has 3 heterocycles. The summed E-state index contributed by atoms with van der Waals surface area (Å²) in [5, 5.41) is 13.5. The minimum absolute atomic E-state index is 0.000439. The monoisotopic (exact) mass is 431 g/mol. The Kier molecular flexibility index (Phi) is 6.04. The number of aromatic nitrogens is 4. The molecular formula is C22H24F3N5O. The lowest BCUT2D eigenvalue weighted by Crippen LogP contribution is -2.38. The Labute approximate surface area is 178 Å². The Balaban J connectivity index is 1.39. The van der Waals surface area contributed by atoms with E-state index >= 15 is 0 Å². The topological polar surface area (TPSA) is 63.9 Å². The first-order valence-electron chi connectivity index (χ1n) is 10.3. The number of hydrogen-bond donors (Lipinski definition) is 0. The fraction of sp³-hybridized carbons (Fsp3) is 0.455. The summed E-state index contributed by atoms with van der Waals surface area (Å²) in [4.78, 5) is 14.5. The Bertz CT molecular complexity index is 1070. The van der Waals surface area contributed by atoms with Crippen LogP contribution in [0.1, 0.15) is 25.0 Å². The third kappa shape index (κ3) is 5.28. The molecule has 1 saturated heterocycles. The third-order valence-corrected chi connectivity index (χ3v) is 5.86. The zero-order valence-electron chi connectivity index (χ0n) is 17.3. The van der Waals surface area contributed by atoms with Crippen molar-refractivity contribution in [2.24, 2.45) is 13.0 Å². The van der Waals surface area contributed by atoms with E-state index in [2.05, 4.69) is 15.3 Å². The highest BCUT2D eigenvalue weighted by Gasteiger charge is 2.30. The molecule has 3 aromatic rings. The summed E-state index contributed by atoms with van der Waals surface area (Å²) < 4.78 is 39.0. The molecule has 0 unspecified atom stereocenters. The van der Waals surface area contributed by atoms with Crippen molar-refractivity contribution in [3.8, 4) is 11.3 Å². The van der Waals surface area contributed by atoms with Crippen molar-refractivity contribution in [3.05, 3.63) is 42.2 Å². The summed E-state index contributed by atoms with van der Waals surface area (Å²) in [7, 11) is 1.88. The number of rotatable bonds is 6. The number of likely N-dealkylation sites (tertiary alicyclic amines) is 1. The van der Waals surface area contributed by atoms with E-state index in [1.54, 1.807) is 15.8 Å². The molecule has 9 heteroatoms. The van der Waals surface area contributed by atoms with Crippen LogP contribution in [-0.4, -0.2) is 56.5 Å². The minimum Gasteiger partial charge on any atom is -0.303 e. The summed E-state index contributed by atoms with van der Waals surface area (Å²) in [6.45, 7) is 1.04. The van der Waals surface area contributed by atoms with Crippen molar-refractivity contribution in [2.75, 3.05) is 19.6 Å². The maximum Gasteiger partial charge on any atom is 0.390 e. The molecule has 0 saturated carbocycles. The van der Waals surface area contributed by atoms with Gasteiger partial charge in [-0.2, -0.15) is 28.5 Å². The highest BCUT2D eigenvalue weighted by molar-refractivity contribution is 5.86. The van der Waals surface area contributed by atoms with Crippen molar-refractivity contribution in [1.29, 1.82) is 0 Å². The lowest BCUT2D eigenvalue weighted by atomic mass is 9.90. The van der Waals surface area contributed by atoms with E-state index in [4.69, 9.17) is 0 Å². The molecule has 0 radical (unpaired) electrons. The number of fused-ring (bicyclic) bond motifs is 1. The van der Waals surface area contributed by atoms with Crippen LogP contribution in [0.2, 0.25) is 0 Å². The van der Waals surface area contributed by atoms with Gasteiger partial charge in [-0.1, -0.05) is 6.07 Å². The van der Waals surface area contributed by atoms with Crippen molar-refractivity contribution in [1.82, 2.24) is 24.9 Å². The molecule has 0 amide bonds. The Morgan fingerprint density at radius 3 is 2.58 bits per heavy atom. The van der Waals surface area contributed by atoms with Gasteiger partial charge < -0.3 is 4.90 Å². The molecule has 6 nitrogen and oxygen atoms in total.